The first-order valence-corrected chi connectivity index (χ1v) is 9.14. The van der Waals surface area contributed by atoms with Gasteiger partial charge in [0.2, 0.25) is 0 Å². The Kier molecular flexibility index (Phi) is 4.54. The van der Waals surface area contributed by atoms with Gasteiger partial charge in [0.1, 0.15) is 0 Å². The Hall–Kier alpha value is -1.59. The van der Waals surface area contributed by atoms with Gasteiger partial charge in [-0.3, -0.25) is 10.0 Å². The van der Waals surface area contributed by atoms with Gasteiger partial charge in [0.25, 0.3) is 0 Å². The molecule has 1 aliphatic carbocycles. The van der Waals surface area contributed by atoms with Gasteiger partial charge in [0.05, 0.1) is 11.1 Å². The minimum atomic E-state index is -0.822. The third-order valence-electron chi connectivity index (χ3n) is 5.89. The molecule has 0 aromatic rings. The van der Waals surface area contributed by atoms with Crippen LogP contribution in [0.3, 0.4) is 0 Å². The third kappa shape index (κ3) is 2.91. The molecule has 0 atom stereocenters. The summed E-state index contributed by atoms with van der Waals surface area (Å²) in [5.41, 5.74) is -0.457. The number of carbonyl (C=O) groups excluding carboxylic acids is 1. The molecule has 145 valence electrons. The van der Waals surface area contributed by atoms with Crippen LogP contribution in [0.2, 0.25) is 0 Å². The van der Waals surface area contributed by atoms with E-state index >= 15 is 0 Å². The van der Waals surface area contributed by atoms with Crippen LogP contribution in [0.4, 0.5) is 0 Å². The van der Waals surface area contributed by atoms with Gasteiger partial charge >= 0.3 is 0 Å². The van der Waals surface area contributed by atoms with Crippen LogP contribution in [0.15, 0.2) is 34.7 Å². The van der Waals surface area contributed by atoms with Crippen molar-refractivity contribution in [1.29, 1.82) is 0 Å². The Bertz CT molecular complexity index is 667. The average molecular weight is 362 g/mol. The molecule has 5 nitrogen and oxygen atoms in total. The molecule has 26 heavy (non-hydrogen) atoms. The largest absolute Gasteiger partial charge is 0.289 e. The highest BCUT2D eigenvalue weighted by atomic mass is 16.6. The highest BCUT2D eigenvalue weighted by Crippen LogP contribution is 2.47. The lowest BCUT2D eigenvalue weighted by Gasteiger charge is -2.36. The number of hydrogen-bond acceptors (Lipinski definition) is 4. The Balaban J connectivity index is 2.81. The first kappa shape index (κ1) is 20.7. The quantitative estimate of drug-likeness (QED) is 0.683. The lowest BCUT2D eigenvalue weighted by atomic mass is 9.72. The molecule has 0 saturated carbocycles. The third-order valence-corrected chi connectivity index (χ3v) is 5.89. The normalized spacial score (nSPS) is 23.5. The second-order valence-electron chi connectivity index (χ2n) is 10.4. The first-order valence-electron chi connectivity index (χ1n) is 9.14. The first-order chi connectivity index (χ1) is 11.4. The number of hydrogen-bond donors (Lipinski definition) is 1. The van der Waals surface area contributed by atoms with Crippen LogP contribution in [-0.2, 0) is 10.0 Å². The van der Waals surface area contributed by atoms with Crippen molar-refractivity contribution in [2.24, 2.45) is 10.8 Å². The predicted octanol–water partition coefficient (Wildman–Crippen LogP) is 4.64. The van der Waals surface area contributed by atoms with Gasteiger partial charge in [-0.15, -0.1) is 0 Å². The average Bonchev–Trinajstić information content (AvgIpc) is 2.56. The van der Waals surface area contributed by atoms with E-state index in [0.29, 0.717) is 16.7 Å². The van der Waals surface area contributed by atoms with Crippen molar-refractivity contribution in [1.82, 2.24) is 10.1 Å². The van der Waals surface area contributed by atoms with Crippen LogP contribution in [0.25, 0.3) is 0 Å². The fourth-order valence-electron chi connectivity index (χ4n) is 3.23. The van der Waals surface area contributed by atoms with Crippen molar-refractivity contribution < 1.29 is 15.2 Å². The van der Waals surface area contributed by atoms with Crippen LogP contribution in [0, 0.1) is 10.8 Å². The lowest BCUT2D eigenvalue weighted by Crippen LogP contribution is -2.52. The molecule has 1 aliphatic heterocycles. The fraction of sp³-hybridized carbons (Fsp3) is 0.667. The van der Waals surface area contributed by atoms with Crippen LogP contribution in [0.1, 0.15) is 69.2 Å². The minimum absolute atomic E-state index is 0.00723. The summed E-state index contributed by atoms with van der Waals surface area (Å²) in [7, 11) is 0. The Morgan fingerprint density at radius 2 is 1.23 bits per heavy atom. The van der Waals surface area contributed by atoms with Gasteiger partial charge in [-0.05, 0) is 50.7 Å². The maximum Gasteiger partial charge on any atom is 0.186 e. The molecule has 5 heteroatoms. The van der Waals surface area contributed by atoms with E-state index in [2.05, 4.69) is 0 Å². The minimum Gasteiger partial charge on any atom is -0.289 e. The fourth-order valence-corrected chi connectivity index (χ4v) is 3.23. The van der Waals surface area contributed by atoms with E-state index < -0.39 is 11.1 Å². The van der Waals surface area contributed by atoms with Crippen molar-refractivity contribution in [3.63, 3.8) is 0 Å². The molecule has 0 spiro atoms. The van der Waals surface area contributed by atoms with E-state index in [1.165, 1.54) is 0 Å². The zero-order valence-corrected chi connectivity index (χ0v) is 17.8. The van der Waals surface area contributed by atoms with E-state index in [4.69, 9.17) is 0 Å². The Morgan fingerprint density at radius 3 is 1.50 bits per heavy atom. The van der Waals surface area contributed by atoms with E-state index in [1.54, 1.807) is 12.2 Å². The smallest absolute Gasteiger partial charge is 0.186 e. The maximum absolute atomic E-state index is 13.1. The SMILES string of the molecule is CC(C)(C)C1=CC(=C2N([O])C(C)(C)C(C)(C)N2O)C=C(C(C)(C)C)C1=O. The van der Waals surface area contributed by atoms with Crippen molar-refractivity contribution in [2.75, 3.05) is 0 Å². The van der Waals surface area contributed by atoms with Crippen LogP contribution in [-0.4, -0.2) is 32.2 Å². The molecule has 0 unspecified atom stereocenters. The summed E-state index contributed by atoms with van der Waals surface area (Å²) in [6, 6.07) is 0. The standard InChI is InChI=1S/C21H33N2O3/c1-18(2,3)14-11-13(12-15(16(14)24)19(4,5)6)17-22(25)20(7,8)21(9,10)23(17)26/h11-12,25H,1-10H3. The van der Waals surface area contributed by atoms with Crippen molar-refractivity contribution in [2.45, 2.75) is 80.3 Å². The Morgan fingerprint density at radius 1 is 0.846 bits per heavy atom. The number of hydroxylamine groups is 4. The number of Topliss-reactive ketones (excluding diaryl/α,β-unsaturated/α-hetero) is 1. The molecule has 0 aromatic heterocycles. The van der Waals surface area contributed by atoms with E-state index in [1.807, 2.05) is 69.2 Å². The number of nitrogens with zero attached hydrogens (tertiary/aromatic N) is 2. The van der Waals surface area contributed by atoms with Crippen molar-refractivity contribution >= 4 is 5.78 Å². The van der Waals surface area contributed by atoms with Gasteiger partial charge in [-0.2, -0.15) is 5.06 Å². The highest BCUT2D eigenvalue weighted by molar-refractivity contribution is 6.11. The number of allylic oxidation sites excluding steroid dienone is 5. The van der Waals surface area contributed by atoms with Crippen molar-refractivity contribution in [3.8, 4) is 0 Å². The van der Waals surface area contributed by atoms with Gasteiger partial charge < -0.3 is 0 Å². The zero-order chi connectivity index (χ0) is 20.5. The molecule has 1 heterocycles. The van der Waals surface area contributed by atoms with E-state index in [0.717, 1.165) is 10.1 Å². The van der Waals surface area contributed by atoms with Gasteiger partial charge in [0.15, 0.2) is 11.6 Å². The maximum atomic E-state index is 13.1. The predicted molar refractivity (Wildman–Crippen MR) is 101 cm³/mol. The molecular weight excluding hydrogens is 328 g/mol. The molecule has 2 rings (SSSR count). The summed E-state index contributed by atoms with van der Waals surface area (Å²) in [6.45, 7) is 19.2. The molecule has 0 bridgehead atoms. The molecule has 0 amide bonds. The number of rotatable bonds is 0. The van der Waals surface area contributed by atoms with Crippen molar-refractivity contribution in [3.05, 3.63) is 34.7 Å². The summed E-state index contributed by atoms with van der Waals surface area (Å²) in [5.74, 6) is 0.198. The molecule has 0 aromatic carbocycles. The van der Waals surface area contributed by atoms with Crippen LogP contribution < -0.4 is 0 Å². The second-order valence-corrected chi connectivity index (χ2v) is 10.4. The Labute approximate surface area is 157 Å². The topological polar surface area (TPSA) is 63.7 Å². The monoisotopic (exact) mass is 361 g/mol. The van der Waals surface area contributed by atoms with E-state index in [9.17, 15) is 15.2 Å². The molecule has 1 radical (unpaired) electrons. The van der Waals surface area contributed by atoms with Gasteiger partial charge in [0, 0.05) is 16.7 Å². The second kappa shape index (κ2) is 5.70. The van der Waals surface area contributed by atoms with Crippen LogP contribution in [0.5, 0.6) is 0 Å². The summed E-state index contributed by atoms with van der Waals surface area (Å²) in [4.78, 5) is 13.1. The molecule has 1 N–H and O–H groups in total. The number of ketones is 1. The summed E-state index contributed by atoms with van der Waals surface area (Å²) < 4.78 is 0. The molecule has 1 saturated heterocycles. The molecule has 2 aliphatic rings. The van der Waals surface area contributed by atoms with Gasteiger partial charge in [-0.25, -0.2) is 5.06 Å². The molecular formula is C21H33N2O3. The zero-order valence-electron chi connectivity index (χ0n) is 17.8. The summed E-state index contributed by atoms with van der Waals surface area (Å²) in [6.07, 6.45) is 3.52. The lowest BCUT2D eigenvalue weighted by molar-refractivity contribution is -0.181. The number of carbonyl (C=O) groups is 1. The summed E-state index contributed by atoms with van der Waals surface area (Å²) >= 11 is 0. The summed E-state index contributed by atoms with van der Waals surface area (Å²) in [5, 5.41) is 25.8. The highest BCUT2D eigenvalue weighted by Gasteiger charge is 2.57. The van der Waals surface area contributed by atoms with Gasteiger partial charge in [-0.1, -0.05) is 46.7 Å². The van der Waals surface area contributed by atoms with E-state index in [-0.39, 0.29) is 22.4 Å². The molecule has 1 fully saturated rings. The van der Waals surface area contributed by atoms with Crippen LogP contribution >= 0.6 is 0 Å².